The van der Waals surface area contributed by atoms with Gasteiger partial charge in [0.15, 0.2) is 0 Å². The standard InChI is InChI=1S/C25H38F3NO3/c1-3-4-5-6-7-8-9-10-11-12-13-14-18-32-24(31)20(2)29-23(30)21-16-15-17-22(19-21)25(26,27)28/h15-17,19-20H,3-14,18H2,1-2H3,(H,29,30)/t20-/m0/s1. The summed E-state index contributed by atoms with van der Waals surface area (Å²) in [7, 11) is 0. The zero-order valence-corrected chi connectivity index (χ0v) is 19.4. The molecule has 1 amide bonds. The fourth-order valence-corrected chi connectivity index (χ4v) is 3.42. The number of carbonyl (C=O) groups is 2. The van der Waals surface area contributed by atoms with Crippen molar-refractivity contribution in [2.75, 3.05) is 6.61 Å². The van der Waals surface area contributed by atoms with Gasteiger partial charge in [-0.15, -0.1) is 0 Å². The van der Waals surface area contributed by atoms with Crippen molar-refractivity contribution in [3.8, 4) is 0 Å². The summed E-state index contributed by atoms with van der Waals surface area (Å²) < 4.78 is 43.5. The van der Waals surface area contributed by atoms with Gasteiger partial charge in [-0.3, -0.25) is 4.79 Å². The monoisotopic (exact) mass is 457 g/mol. The van der Waals surface area contributed by atoms with Gasteiger partial charge in [-0.05, 0) is 31.5 Å². The van der Waals surface area contributed by atoms with Gasteiger partial charge in [-0.1, -0.05) is 83.6 Å². The molecule has 0 unspecified atom stereocenters. The van der Waals surface area contributed by atoms with Crippen LogP contribution in [-0.2, 0) is 15.7 Å². The van der Waals surface area contributed by atoms with Crippen LogP contribution in [0.15, 0.2) is 24.3 Å². The number of rotatable bonds is 16. The molecular weight excluding hydrogens is 419 g/mol. The normalized spacial score (nSPS) is 12.4. The van der Waals surface area contributed by atoms with Crippen molar-refractivity contribution in [3.63, 3.8) is 0 Å². The van der Waals surface area contributed by atoms with Gasteiger partial charge in [0.1, 0.15) is 6.04 Å². The summed E-state index contributed by atoms with van der Waals surface area (Å²) in [4.78, 5) is 24.2. The fraction of sp³-hybridized carbons (Fsp3) is 0.680. The van der Waals surface area contributed by atoms with E-state index >= 15 is 0 Å². The second kappa shape index (κ2) is 15.7. The zero-order chi connectivity index (χ0) is 23.8. The molecule has 1 aromatic rings. The number of benzene rings is 1. The fourth-order valence-electron chi connectivity index (χ4n) is 3.42. The van der Waals surface area contributed by atoms with Crippen LogP contribution >= 0.6 is 0 Å². The molecule has 1 atom stereocenters. The Balaban J connectivity index is 2.13. The van der Waals surface area contributed by atoms with E-state index in [2.05, 4.69) is 12.2 Å². The third kappa shape index (κ3) is 12.1. The van der Waals surface area contributed by atoms with Crippen molar-refractivity contribution >= 4 is 11.9 Å². The second-order valence-electron chi connectivity index (χ2n) is 8.33. The van der Waals surface area contributed by atoms with Gasteiger partial charge in [0.05, 0.1) is 12.2 Å². The molecule has 0 aliphatic rings. The molecular formula is C25H38F3NO3. The summed E-state index contributed by atoms with van der Waals surface area (Å²) in [5.41, 5.74) is -1.06. The zero-order valence-electron chi connectivity index (χ0n) is 19.4. The van der Waals surface area contributed by atoms with E-state index in [0.29, 0.717) is 0 Å². The lowest BCUT2D eigenvalue weighted by Gasteiger charge is -2.14. The lowest BCUT2D eigenvalue weighted by Crippen LogP contribution is -2.39. The molecule has 0 aliphatic heterocycles. The Morgan fingerprint density at radius 3 is 1.97 bits per heavy atom. The minimum absolute atomic E-state index is 0.152. The maximum absolute atomic E-state index is 12.8. The average molecular weight is 458 g/mol. The van der Waals surface area contributed by atoms with Gasteiger partial charge in [0, 0.05) is 5.56 Å². The average Bonchev–Trinajstić information content (AvgIpc) is 2.76. The quantitative estimate of drug-likeness (QED) is 0.213. The van der Waals surface area contributed by atoms with E-state index < -0.39 is 29.7 Å². The predicted molar refractivity (Wildman–Crippen MR) is 120 cm³/mol. The van der Waals surface area contributed by atoms with E-state index in [1.165, 1.54) is 70.8 Å². The summed E-state index contributed by atoms with van der Waals surface area (Å²) in [6, 6.07) is 3.15. The van der Waals surface area contributed by atoms with E-state index in [-0.39, 0.29) is 12.2 Å². The molecule has 7 heteroatoms. The van der Waals surface area contributed by atoms with Crippen molar-refractivity contribution in [2.24, 2.45) is 0 Å². The molecule has 0 heterocycles. The van der Waals surface area contributed by atoms with Crippen molar-refractivity contribution < 1.29 is 27.5 Å². The van der Waals surface area contributed by atoms with Crippen molar-refractivity contribution in [3.05, 3.63) is 35.4 Å². The van der Waals surface area contributed by atoms with Crippen LogP contribution in [-0.4, -0.2) is 24.5 Å². The van der Waals surface area contributed by atoms with Crippen LogP contribution in [0.4, 0.5) is 13.2 Å². The summed E-state index contributed by atoms with van der Waals surface area (Å²) in [6.07, 6.45) is 9.98. The van der Waals surface area contributed by atoms with Gasteiger partial charge >= 0.3 is 12.1 Å². The number of amides is 1. The molecule has 0 aliphatic carbocycles. The number of halogens is 3. The number of esters is 1. The highest BCUT2D eigenvalue weighted by Gasteiger charge is 2.31. The number of carbonyl (C=O) groups excluding carboxylic acids is 2. The number of nitrogens with one attached hydrogen (secondary N) is 1. The van der Waals surface area contributed by atoms with E-state index in [1.54, 1.807) is 0 Å². The highest BCUT2D eigenvalue weighted by Crippen LogP contribution is 2.29. The molecule has 0 saturated heterocycles. The predicted octanol–water partition coefficient (Wildman–Crippen LogP) is 7.07. The minimum Gasteiger partial charge on any atom is -0.464 e. The smallest absolute Gasteiger partial charge is 0.416 e. The number of ether oxygens (including phenoxy) is 1. The lowest BCUT2D eigenvalue weighted by atomic mass is 10.1. The van der Waals surface area contributed by atoms with Crippen LogP contribution in [0.3, 0.4) is 0 Å². The first-order chi connectivity index (χ1) is 15.3. The Hall–Kier alpha value is -2.05. The Labute approximate surface area is 190 Å². The van der Waals surface area contributed by atoms with Crippen LogP contribution < -0.4 is 5.32 Å². The minimum atomic E-state index is -4.53. The molecule has 0 aromatic heterocycles. The number of hydrogen-bond donors (Lipinski definition) is 1. The maximum atomic E-state index is 12.8. The van der Waals surface area contributed by atoms with Gasteiger partial charge < -0.3 is 10.1 Å². The van der Waals surface area contributed by atoms with Crippen molar-refractivity contribution in [1.82, 2.24) is 5.32 Å². The Kier molecular flexibility index (Phi) is 13.7. The van der Waals surface area contributed by atoms with Crippen molar-refractivity contribution in [1.29, 1.82) is 0 Å². The van der Waals surface area contributed by atoms with E-state index in [4.69, 9.17) is 4.74 Å². The van der Waals surface area contributed by atoms with Crippen LogP contribution in [0.5, 0.6) is 0 Å². The molecule has 0 radical (unpaired) electrons. The number of hydrogen-bond acceptors (Lipinski definition) is 3. The first-order valence-corrected chi connectivity index (χ1v) is 11.9. The molecule has 182 valence electrons. The molecule has 0 fully saturated rings. The van der Waals surface area contributed by atoms with E-state index in [0.717, 1.165) is 37.5 Å². The molecule has 1 N–H and O–H groups in total. The van der Waals surface area contributed by atoms with Gasteiger partial charge in [-0.2, -0.15) is 13.2 Å². The summed E-state index contributed by atoms with van der Waals surface area (Å²) >= 11 is 0. The highest BCUT2D eigenvalue weighted by molar-refractivity contribution is 5.96. The highest BCUT2D eigenvalue weighted by atomic mass is 19.4. The molecule has 4 nitrogen and oxygen atoms in total. The van der Waals surface area contributed by atoms with E-state index in [1.807, 2.05) is 0 Å². The largest absolute Gasteiger partial charge is 0.464 e. The van der Waals surface area contributed by atoms with E-state index in [9.17, 15) is 22.8 Å². The van der Waals surface area contributed by atoms with Gasteiger partial charge in [0.2, 0.25) is 0 Å². The van der Waals surface area contributed by atoms with Gasteiger partial charge in [0.25, 0.3) is 5.91 Å². The van der Waals surface area contributed by atoms with Gasteiger partial charge in [-0.25, -0.2) is 4.79 Å². The molecule has 0 saturated carbocycles. The molecule has 0 bridgehead atoms. The molecule has 0 spiro atoms. The summed E-state index contributed by atoms with van der Waals surface area (Å²) in [6.45, 7) is 3.96. The van der Waals surface area contributed by atoms with Crippen LogP contribution in [0.2, 0.25) is 0 Å². The molecule has 1 rings (SSSR count). The summed E-state index contributed by atoms with van der Waals surface area (Å²) in [5.74, 6) is -1.33. The van der Waals surface area contributed by atoms with Crippen LogP contribution in [0, 0.1) is 0 Å². The molecule has 1 aromatic carbocycles. The first-order valence-electron chi connectivity index (χ1n) is 11.9. The Bertz CT molecular complexity index is 677. The Morgan fingerprint density at radius 1 is 0.906 bits per heavy atom. The topological polar surface area (TPSA) is 55.4 Å². The number of alkyl halides is 3. The van der Waals surface area contributed by atoms with Crippen molar-refractivity contribution in [2.45, 2.75) is 103 Å². The molecule has 32 heavy (non-hydrogen) atoms. The number of unbranched alkanes of at least 4 members (excludes halogenated alkanes) is 11. The first kappa shape index (κ1) is 28.0. The lowest BCUT2D eigenvalue weighted by molar-refractivity contribution is -0.145. The SMILES string of the molecule is CCCCCCCCCCCCCCOC(=O)[C@H](C)NC(=O)c1cccc(C(F)(F)F)c1. The van der Waals surface area contributed by atoms with Crippen LogP contribution in [0.1, 0.15) is 107 Å². The Morgan fingerprint density at radius 2 is 1.44 bits per heavy atom. The summed E-state index contributed by atoms with van der Waals surface area (Å²) in [5, 5.41) is 2.39. The third-order valence-electron chi connectivity index (χ3n) is 5.40. The third-order valence-corrected chi connectivity index (χ3v) is 5.40. The maximum Gasteiger partial charge on any atom is 0.416 e. The van der Waals surface area contributed by atoms with Crippen LogP contribution in [0.25, 0.3) is 0 Å². The second-order valence-corrected chi connectivity index (χ2v) is 8.33.